The molecule has 0 radical (unpaired) electrons. The van der Waals surface area contributed by atoms with E-state index in [-0.39, 0.29) is 5.91 Å². The van der Waals surface area contributed by atoms with Gasteiger partial charge in [-0.3, -0.25) is 9.52 Å². The monoisotopic (exact) mass is 311 g/mol. The summed E-state index contributed by atoms with van der Waals surface area (Å²) < 4.78 is 15.6. The molecule has 2 heterocycles. The molecule has 2 aliphatic rings. The molecule has 1 N–H and O–H groups in total. The van der Waals surface area contributed by atoms with Crippen LogP contribution in [0, 0.1) is 0 Å². The summed E-state index contributed by atoms with van der Waals surface area (Å²) >= 11 is 0. The van der Waals surface area contributed by atoms with Gasteiger partial charge < -0.3 is 0 Å². The molecule has 0 saturated carbocycles. The molecule has 1 aliphatic carbocycles. The average Bonchev–Trinajstić information content (AvgIpc) is 3.13. The minimum Gasteiger partial charge on any atom is -0.269 e. The number of nitrogens with zero attached hydrogens (tertiary/aromatic N) is 2. The SMILES string of the molecule is O=C1C=C(n2cc(C3=Cc4ccccc4CC3)cn2)S(=O)N1. The van der Waals surface area contributed by atoms with Crippen molar-refractivity contribution in [2.24, 2.45) is 0 Å². The molecule has 1 atom stereocenters. The first-order valence-corrected chi connectivity index (χ1v) is 8.14. The highest BCUT2D eigenvalue weighted by atomic mass is 32.2. The number of amides is 1. The fourth-order valence-electron chi connectivity index (χ4n) is 2.76. The van der Waals surface area contributed by atoms with Crippen LogP contribution in [0.15, 0.2) is 42.7 Å². The summed E-state index contributed by atoms with van der Waals surface area (Å²) in [7, 11) is -1.53. The fraction of sp³-hybridized carbons (Fsp3) is 0.125. The van der Waals surface area contributed by atoms with Gasteiger partial charge in [0.25, 0.3) is 5.91 Å². The Hall–Kier alpha value is -2.47. The van der Waals surface area contributed by atoms with Crippen molar-refractivity contribution in [3.63, 3.8) is 0 Å². The number of aromatic nitrogens is 2. The Labute approximate surface area is 129 Å². The van der Waals surface area contributed by atoms with Crippen LogP contribution >= 0.6 is 0 Å². The zero-order valence-electron chi connectivity index (χ0n) is 11.7. The molecule has 1 aromatic heterocycles. The highest BCUT2D eigenvalue weighted by molar-refractivity contribution is 7.93. The molecule has 1 unspecified atom stereocenters. The largest absolute Gasteiger partial charge is 0.269 e. The van der Waals surface area contributed by atoms with Gasteiger partial charge in [-0.2, -0.15) is 5.10 Å². The molecular weight excluding hydrogens is 298 g/mol. The normalized spacial score (nSPS) is 20.2. The summed E-state index contributed by atoms with van der Waals surface area (Å²) in [5.74, 6) is -0.351. The van der Waals surface area contributed by atoms with Gasteiger partial charge in [0, 0.05) is 17.8 Å². The van der Waals surface area contributed by atoms with E-state index >= 15 is 0 Å². The second-order valence-corrected chi connectivity index (χ2v) is 6.42. The lowest BCUT2D eigenvalue weighted by atomic mass is 9.90. The maximum atomic E-state index is 11.8. The van der Waals surface area contributed by atoms with Gasteiger partial charge in [0.2, 0.25) is 0 Å². The number of carbonyl (C=O) groups excluding carboxylic acids is 1. The van der Waals surface area contributed by atoms with Crippen molar-refractivity contribution in [3.8, 4) is 0 Å². The molecule has 110 valence electrons. The van der Waals surface area contributed by atoms with E-state index in [1.165, 1.54) is 27.5 Å². The smallest absolute Gasteiger partial charge is 0.258 e. The lowest BCUT2D eigenvalue weighted by Crippen LogP contribution is -2.17. The Morgan fingerprint density at radius 3 is 2.86 bits per heavy atom. The first-order valence-electron chi connectivity index (χ1n) is 6.99. The average molecular weight is 311 g/mol. The van der Waals surface area contributed by atoms with Crippen molar-refractivity contribution < 1.29 is 9.00 Å². The molecule has 1 aliphatic heterocycles. The van der Waals surface area contributed by atoms with E-state index < -0.39 is 11.0 Å². The number of fused-ring (bicyclic) bond motifs is 1. The van der Waals surface area contributed by atoms with Crippen LogP contribution in [0.5, 0.6) is 0 Å². The third kappa shape index (κ3) is 2.21. The number of rotatable bonds is 2. The van der Waals surface area contributed by atoms with E-state index in [1.54, 1.807) is 6.20 Å². The molecule has 6 heteroatoms. The molecule has 0 fully saturated rings. The van der Waals surface area contributed by atoms with Crippen molar-refractivity contribution in [2.75, 3.05) is 0 Å². The Kier molecular flexibility index (Phi) is 3.04. The molecule has 0 bridgehead atoms. The van der Waals surface area contributed by atoms with E-state index in [0.717, 1.165) is 18.4 Å². The number of hydrogen-bond donors (Lipinski definition) is 1. The molecule has 5 nitrogen and oxygen atoms in total. The molecule has 0 spiro atoms. The summed E-state index contributed by atoms with van der Waals surface area (Å²) in [6.07, 6.45) is 9.01. The van der Waals surface area contributed by atoms with E-state index in [2.05, 4.69) is 34.1 Å². The second kappa shape index (κ2) is 5.06. The highest BCUT2D eigenvalue weighted by Gasteiger charge is 2.22. The van der Waals surface area contributed by atoms with Gasteiger partial charge in [0.05, 0.1) is 6.20 Å². The van der Waals surface area contributed by atoms with E-state index in [0.29, 0.717) is 5.03 Å². The third-order valence-electron chi connectivity index (χ3n) is 3.87. The molecular formula is C16H13N3O2S. The molecule has 1 amide bonds. The maximum absolute atomic E-state index is 11.8. The Balaban J connectivity index is 1.69. The summed E-state index contributed by atoms with van der Waals surface area (Å²) in [6.45, 7) is 0. The highest BCUT2D eigenvalue weighted by Crippen LogP contribution is 2.30. The van der Waals surface area contributed by atoms with Crippen molar-refractivity contribution in [2.45, 2.75) is 12.8 Å². The first-order chi connectivity index (χ1) is 10.7. The Morgan fingerprint density at radius 2 is 2.05 bits per heavy atom. The fourth-order valence-corrected chi connectivity index (χ4v) is 3.59. The van der Waals surface area contributed by atoms with Crippen LogP contribution in [-0.4, -0.2) is 19.9 Å². The van der Waals surface area contributed by atoms with Crippen LogP contribution in [0.3, 0.4) is 0 Å². The zero-order valence-corrected chi connectivity index (χ0v) is 12.5. The number of carbonyl (C=O) groups is 1. The summed E-state index contributed by atoms with van der Waals surface area (Å²) in [4.78, 5) is 11.2. The number of benzene rings is 1. The molecule has 22 heavy (non-hydrogen) atoms. The van der Waals surface area contributed by atoms with Crippen LogP contribution in [0.4, 0.5) is 0 Å². The number of aryl methyl sites for hydroxylation is 1. The van der Waals surface area contributed by atoms with Gasteiger partial charge in [-0.1, -0.05) is 30.3 Å². The van der Waals surface area contributed by atoms with Crippen LogP contribution in [0.25, 0.3) is 16.7 Å². The Bertz CT molecular complexity index is 864. The number of hydrogen-bond acceptors (Lipinski definition) is 3. The number of allylic oxidation sites excluding steroid dienone is 1. The second-order valence-electron chi connectivity index (χ2n) is 5.26. The zero-order chi connectivity index (χ0) is 15.1. The molecule has 4 rings (SSSR count). The lowest BCUT2D eigenvalue weighted by molar-refractivity contribution is -0.114. The van der Waals surface area contributed by atoms with Crippen LogP contribution in [0.2, 0.25) is 0 Å². The quantitative estimate of drug-likeness (QED) is 0.922. The van der Waals surface area contributed by atoms with Gasteiger partial charge in [0.15, 0.2) is 16.0 Å². The number of nitrogens with one attached hydrogen (secondary N) is 1. The predicted molar refractivity (Wildman–Crippen MR) is 85.4 cm³/mol. The van der Waals surface area contributed by atoms with Gasteiger partial charge in [-0.25, -0.2) is 8.89 Å². The van der Waals surface area contributed by atoms with Crippen molar-refractivity contribution in [3.05, 3.63) is 59.4 Å². The molecule has 2 aromatic rings. The van der Waals surface area contributed by atoms with Crippen LogP contribution in [-0.2, 0) is 22.2 Å². The van der Waals surface area contributed by atoms with E-state index in [1.807, 2.05) is 12.3 Å². The molecule has 0 saturated heterocycles. The Morgan fingerprint density at radius 1 is 1.18 bits per heavy atom. The van der Waals surface area contributed by atoms with E-state index in [9.17, 15) is 9.00 Å². The molecule has 1 aromatic carbocycles. The van der Waals surface area contributed by atoms with E-state index in [4.69, 9.17) is 0 Å². The lowest BCUT2D eigenvalue weighted by Gasteiger charge is -2.15. The minimum absolute atomic E-state index is 0.351. The summed E-state index contributed by atoms with van der Waals surface area (Å²) in [5.41, 5.74) is 4.78. The van der Waals surface area contributed by atoms with Gasteiger partial charge in [-0.15, -0.1) is 0 Å². The van der Waals surface area contributed by atoms with Crippen molar-refractivity contribution in [1.29, 1.82) is 0 Å². The first kappa shape index (κ1) is 13.2. The van der Waals surface area contributed by atoms with Crippen molar-refractivity contribution >= 4 is 33.6 Å². The van der Waals surface area contributed by atoms with Gasteiger partial charge in [-0.05, 0) is 29.5 Å². The van der Waals surface area contributed by atoms with Crippen LogP contribution in [0.1, 0.15) is 23.1 Å². The van der Waals surface area contributed by atoms with Gasteiger partial charge in [0.1, 0.15) is 0 Å². The third-order valence-corrected chi connectivity index (χ3v) is 4.94. The standard InChI is InChI=1S/C16H13N3O2S/c20-15-8-16(22(21)18-15)19-10-14(9-17-19)13-6-5-11-3-1-2-4-12(11)7-13/h1-4,7-10H,5-6H2,(H,18,20). The van der Waals surface area contributed by atoms with Gasteiger partial charge >= 0.3 is 0 Å². The predicted octanol–water partition coefficient (Wildman–Crippen LogP) is 1.96. The van der Waals surface area contributed by atoms with Crippen molar-refractivity contribution in [1.82, 2.24) is 14.5 Å². The summed E-state index contributed by atoms with van der Waals surface area (Å²) in [5, 5.41) is 4.61. The van der Waals surface area contributed by atoms with Crippen LogP contribution < -0.4 is 4.72 Å². The minimum atomic E-state index is -1.53. The maximum Gasteiger partial charge on any atom is 0.258 e. The summed E-state index contributed by atoms with van der Waals surface area (Å²) in [6, 6.07) is 8.35. The topological polar surface area (TPSA) is 64.0 Å².